The first kappa shape index (κ1) is 24.2. The Morgan fingerprint density at radius 2 is 1.56 bits per heavy atom. The highest BCUT2D eigenvalue weighted by molar-refractivity contribution is 6.39. The van der Waals surface area contributed by atoms with Crippen molar-refractivity contribution >= 4 is 40.6 Å². The quantitative estimate of drug-likeness (QED) is 0.346. The number of urea groups is 1. The van der Waals surface area contributed by atoms with Crippen LogP contribution in [0.1, 0.15) is 5.56 Å². The minimum Gasteiger partial charge on any atom is -0.368 e. The third kappa shape index (κ3) is 5.48. The number of halogens is 2. The van der Waals surface area contributed by atoms with Gasteiger partial charge in [0.25, 0.3) is 0 Å². The van der Waals surface area contributed by atoms with Crippen molar-refractivity contribution in [3.63, 3.8) is 0 Å². The van der Waals surface area contributed by atoms with Crippen molar-refractivity contribution in [1.29, 1.82) is 0 Å². The van der Waals surface area contributed by atoms with E-state index in [2.05, 4.69) is 68.8 Å². The summed E-state index contributed by atoms with van der Waals surface area (Å²) in [5.41, 5.74) is 3.86. The molecule has 36 heavy (non-hydrogen) atoms. The molecular formula is C27H26Cl2N6O. The van der Waals surface area contributed by atoms with Crippen LogP contribution in [0.4, 0.5) is 16.2 Å². The van der Waals surface area contributed by atoms with Gasteiger partial charge in [-0.15, -0.1) is 0 Å². The third-order valence-electron chi connectivity index (χ3n) is 6.32. The fourth-order valence-electron chi connectivity index (χ4n) is 4.32. The standard InChI is InChI=1S/C27H26Cl2N6O/c28-23-7-4-8-24(29)25(23)32-27(36)34-17-15-33(16-18-34)22-11-9-21(10-12-22)26-30-19-31-35(26)14-13-20-5-2-1-3-6-20/h1-12,19H,13-18H2,(H,32,36). The monoisotopic (exact) mass is 520 g/mol. The molecule has 1 saturated heterocycles. The lowest BCUT2D eigenvalue weighted by Gasteiger charge is -2.36. The summed E-state index contributed by atoms with van der Waals surface area (Å²) in [6.45, 7) is 3.43. The normalized spacial score (nSPS) is 13.6. The Bertz CT molecular complexity index is 1300. The Morgan fingerprint density at radius 1 is 0.861 bits per heavy atom. The van der Waals surface area contributed by atoms with Crippen molar-refractivity contribution in [3.8, 4) is 11.4 Å². The number of carbonyl (C=O) groups is 1. The summed E-state index contributed by atoms with van der Waals surface area (Å²) < 4.78 is 1.95. The molecule has 184 valence electrons. The molecule has 2 heterocycles. The Morgan fingerprint density at radius 3 is 2.25 bits per heavy atom. The molecule has 1 N–H and O–H groups in total. The molecule has 0 atom stereocenters. The van der Waals surface area contributed by atoms with Gasteiger partial charge < -0.3 is 15.1 Å². The van der Waals surface area contributed by atoms with Crippen LogP contribution >= 0.6 is 23.2 Å². The predicted octanol–water partition coefficient (Wildman–Crippen LogP) is 5.85. The van der Waals surface area contributed by atoms with Gasteiger partial charge in [0.2, 0.25) is 0 Å². The van der Waals surface area contributed by atoms with Crippen molar-refractivity contribution in [3.05, 3.63) is 94.7 Å². The average Bonchev–Trinajstić information content (AvgIpc) is 3.39. The van der Waals surface area contributed by atoms with Gasteiger partial charge in [0.05, 0.1) is 15.7 Å². The molecule has 1 aliphatic rings. The number of hydrogen-bond donors (Lipinski definition) is 1. The highest BCUT2D eigenvalue weighted by Crippen LogP contribution is 2.30. The molecule has 0 radical (unpaired) electrons. The fourth-order valence-corrected chi connectivity index (χ4v) is 4.82. The van der Waals surface area contributed by atoms with E-state index in [1.807, 2.05) is 10.7 Å². The molecule has 5 rings (SSSR count). The molecule has 9 heteroatoms. The van der Waals surface area contributed by atoms with Crippen molar-refractivity contribution in [2.45, 2.75) is 13.0 Å². The molecule has 4 aromatic rings. The molecular weight excluding hydrogens is 495 g/mol. The molecule has 0 spiro atoms. The number of anilines is 2. The number of hydrogen-bond acceptors (Lipinski definition) is 4. The summed E-state index contributed by atoms with van der Waals surface area (Å²) >= 11 is 12.4. The van der Waals surface area contributed by atoms with E-state index in [4.69, 9.17) is 23.2 Å². The van der Waals surface area contributed by atoms with Gasteiger partial charge in [0.15, 0.2) is 5.82 Å². The molecule has 2 amide bonds. The van der Waals surface area contributed by atoms with E-state index in [0.29, 0.717) is 28.8 Å². The second-order valence-corrected chi connectivity index (χ2v) is 9.40. The van der Waals surface area contributed by atoms with Gasteiger partial charge in [-0.05, 0) is 48.4 Å². The molecule has 0 unspecified atom stereocenters. The van der Waals surface area contributed by atoms with Gasteiger partial charge >= 0.3 is 6.03 Å². The lowest BCUT2D eigenvalue weighted by molar-refractivity contribution is 0.208. The molecule has 7 nitrogen and oxygen atoms in total. The number of nitrogens with one attached hydrogen (secondary N) is 1. The largest absolute Gasteiger partial charge is 0.368 e. The summed E-state index contributed by atoms with van der Waals surface area (Å²) in [7, 11) is 0. The Balaban J connectivity index is 1.18. The Kier molecular flexibility index (Phi) is 7.39. The van der Waals surface area contributed by atoms with Crippen LogP contribution in [0, 0.1) is 0 Å². The number of nitrogens with zero attached hydrogens (tertiary/aromatic N) is 5. The Labute approximate surface area is 220 Å². The summed E-state index contributed by atoms with van der Waals surface area (Å²) in [5.74, 6) is 0.859. The second kappa shape index (κ2) is 11.0. The second-order valence-electron chi connectivity index (χ2n) is 8.59. The first-order valence-corrected chi connectivity index (χ1v) is 12.6. The summed E-state index contributed by atoms with van der Waals surface area (Å²) in [6, 6.07) is 23.7. The minimum absolute atomic E-state index is 0.199. The number of piperazine rings is 1. The molecule has 1 fully saturated rings. The van der Waals surface area contributed by atoms with Crippen LogP contribution in [0.5, 0.6) is 0 Å². The molecule has 0 saturated carbocycles. The molecule has 3 aromatic carbocycles. The topological polar surface area (TPSA) is 66.3 Å². The lowest BCUT2D eigenvalue weighted by Crippen LogP contribution is -2.50. The van der Waals surface area contributed by atoms with Gasteiger partial charge in [-0.3, -0.25) is 0 Å². The van der Waals surface area contributed by atoms with Crippen LogP contribution in [0.2, 0.25) is 10.0 Å². The van der Waals surface area contributed by atoms with E-state index in [1.165, 1.54) is 5.56 Å². The molecule has 1 aliphatic heterocycles. The van der Waals surface area contributed by atoms with E-state index < -0.39 is 0 Å². The maximum absolute atomic E-state index is 12.7. The zero-order valence-corrected chi connectivity index (χ0v) is 21.2. The number of rotatable bonds is 6. The van der Waals surface area contributed by atoms with Crippen molar-refractivity contribution < 1.29 is 4.79 Å². The van der Waals surface area contributed by atoms with Crippen LogP contribution in [0.15, 0.2) is 79.1 Å². The van der Waals surface area contributed by atoms with E-state index in [0.717, 1.165) is 43.1 Å². The maximum atomic E-state index is 12.7. The van der Waals surface area contributed by atoms with E-state index in [9.17, 15) is 4.79 Å². The van der Waals surface area contributed by atoms with Gasteiger partial charge in [-0.1, -0.05) is 59.6 Å². The maximum Gasteiger partial charge on any atom is 0.322 e. The number of aryl methyl sites for hydroxylation is 2. The van der Waals surface area contributed by atoms with Crippen LogP contribution in [-0.4, -0.2) is 51.9 Å². The third-order valence-corrected chi connectivity index (χ3v) is 6.95. The number of para-hydroxylation sites is 1. The summed E-state index contributed by atoms with van der Waals surface area (Å²) in [6.07, 6.45) is 2.50. The molecule has 0 bridgehead atoms. The van der Waals surface area contributed by atoms with Gasteiger partial charge in [-0.25, -0.2) is 14.5 Å². The van der Waals surface area contributed by atoms with Gasteiger partial charge in [-0.2, -0.15) is 5.10 Å². The van der Waals surface area contributed by atoms with Gasteiger partial charge in [0, 0.05) is 44.0 Å². The zero-order chi connectivity index (χ0) is 24.9. The van der Waals surface area contributed by atoms with Crippen molar-refractivity contribution in [2.24, 2.45) is 0 Å². The molecule has 1 aromatic heterocycles. The van der Waals surface area contributed by atoms with Crippen LogP contribution in [0.3, 0.4) is 0 Å². The van der Waals surface area contributed by atoms with E-state index in [-0.39, 0.29) is 6.03 Å². The van der Waals surface area contributed by atoms with Gasteiger partial charge in [0.1, 0.15) is 6.33 Å². The predicted molar refractivity (Wildman–Crippen MR) is 145 cm³/mol. The highest BCUT2D eigenvalue weighted by Gasteiger charge is 2.22. The first-order chi connectivity index (χ1) is 17.6. The number of amides is 2. The number of aromatic nitrogens is 3. The van der Waals surface area contributed by atoms with Crippen LogP contribution in [-0.2, 0) is 13.0 Å². The average molecular weight is 521 g/mol. The first-order valence-electron chi connectivity index (χ1n) is 11.9. The number of carbonyl (C=O) groups excluding carboxylic acids is 1. The fraction of sp³-hybridized carbons (Fsp3) is 0.222. The number of benzene rings is 3. The van der Waals surface area contributed by atoms with E-state index >= 15 is 0 Å². The van der Waals surface area contributed by atoms with Crippen LogP contribution < -0.4 is 10.2 Å². The zero-order valence-electron chi connectivity index (χ0n) is 19.6. The SMILES string of the molecule is O=C(Nc1c(Cl)cccc1Cl)N1CCN(c2ccc(-c3ncnn3CCc3ccccc3)cc2)CC1. The lowest BCUT2D eigenvalue weighted by atomic mass is 10.1. The highest BCUT2D eigenvalue weighted by atomic mass is 35.5. The smallest absolute Gasteiger partial charge is 0.322 e. The van der Waals surface area contributed by atoms with Crippen LogP contribution in [0.25, 0.3) is 11.4 Å². The van der Waals surface area contributed by atoms with Crippen molar-refractivity contribution in [1.82, 2.24) is 19.7 Å². The molecule has 0 aliphatic carbocycles. The summed E-state index contributed by atoms with van der Waals surface area (Å²) in [4.78, 5) is 21.3. The minimum atomic E-state index is -0.199. The van der Waals surface area contributed by atoms with Crippen molar-refractivity contribution in [2.75, 3.05) is 36.4 Å². The Hall–Kier alpha value is -3.55. The summed E-state index contributed by atoms with van der Waals surface area (Å²) in [5, 5.41) is 8.11. The van der Waals surface area contributed by atoms with E-state index in [1.54, 1.807) is 29.4 Å².